The Morgan fingerprint density at radius 1 is 0.968 bits per heavy atom. The molecule has 6 heteroatoms. The smallest absolute Gasteiger partial charge is 0.259 e. The molecule has 0 unspecified atom stereocenters. The second-order valence-electron chi connectivity index (χ2n) is 6.88. The summed E-state index contributed by atoms with van der Waals surface area (Å²) in [6, 6.07) is 15.0. The SMILES string of the molecule is O=C1Nc2ccc(C#CCc3ccc(F)cc3)cc2C(=O)/C1=C\c1ccc(F)c(Cl)c1. The van der Waals surface area contributed by atoms with Crippen molar-refractivity contribution in [1.29, 1.82) is 0 Å². The number of carbonyl (C=O) groups excluding carboxylic acids is 2. The molecule has 4 rings (SSSR count). The Balaban J connectivity index is 1.60. The number of anilines is 1. The van der Waals surface area contributed by atoms with E-state index in [1.54, 1.807) is 30.3 Å². The monoisotopic (exact) mass is 433 g/mol. The largest absolute Gasteiger partial charge is 0.321 e. The molecule has 152 valence electrons. The van der Waals surface area contributed by atoms with Crippen molar-refractivity contribution < 1.29 is 18.4 Å². The Kier molecular flexibility index (Phi) is 5.66. The number of Topliss-reactive ketones (excluding diaryl/α,β-unsaturated/α-hetero) is 1. The van der Waals surface area contributed by atoms with Crippen LogP contribution in [0.15, 0.2) is 66.2 Å². The minimum atomic E-state index is -0.586. The summed E-state index contributed by atoms with van der Waals surface area (Å²) < 4.78 is 26.4. The number of benzene rings is 3. The van der Waals surface area contributed by atoms with Gasteiger partial charge in [0.1, 0.15) is 11.6 Å². The van der Waals surface area contributed by atoms with Gasteiger partial charge in [0.15, 0.2) is 0 Å². The first-order chi connectivity index (χ1) is 14.9. The topological polar surface area (TPSA) is 46.2 Å². The lowest BCUT2D eigenvalue weighted by Gasteiger charge is -2.18. The fourth-order valence-electron chi connectivity index (χ4n) is 3.11. The van der Waals surface area contributed by atoms with Crippen molar-refractivity contribution in [2.24, 2.45) is 0 Å². The van der Waals surface area contributed by atoms with Crippen molar-refractivity contribution >= 4 is 35.1 Å². The predicted octanol–water partition coefficient (Wildman–Crippen LogP) is 5.43. The third-order valence-electron chi connectivity index (χ3n) is 4.69. The second-order valence-corrected chi connectivity index (χ2v) is 7.29. The molecule has 0 atom stereocenters. The molecule has 0 aromatic heterocycles. The van der Waals surface area contributed by atoms with Crippen LogP contribution in [0.5, 0.6) is 0 Å². The Morgan fingerprint density at radius 3 is 2.48 bits per heavy atom. The summed E-state index contributed by atoms with van der Waals surface area (Å²) in [6.07, 6.45) is 1.80. The van der Waals surface area contributed by atoms with Crippen LogP contribution in [0.2, 0.25) is 5.02 Å². The average molecular weight is 434 g/mol. The maximum atomic E-state index is 13.4. The molecule has 1 aliphatic rings. The van der Waals surface area contributed by atoms with E-state index in [0.29, 0.717) is 28.8 Å². The summed E-state index contributed by atoms with van der Waals surface area (Å²) in [5.41, 5.74) is 2.55. The number of rotatable bonds is 2. The number of ketones is 1. The molecular weight excluding hydrogens is 420 g/mol. The molecule has 31 heavy (non-hydrogen) atoms. The molecule has 1 amide bonds. The van der Waals surface area contributed by atoms with Gasteiger partial charge in [-0.15, -0.1) is 0 Å². The van der Waals surface area contributed by atoms with Crippen LogP contribution < -0.4 is 5.32 Å². The molecule has 0 bridgehead atoms. The first-order valence-electron chi connectivity index (χ1n) is 9.31. The van der Waals surface area contributed by atoms with Gasteiger partial charge in [0.05, 0.1) is 16.3 Å². The Labute approximate surface area is 182 Å². The minimum Gasteiger partial charge on any atom is -0.321 e. The van der Waals surface area contributed by atoms with Crippen molar-refractivity contribution in [2.75, 3.05) is 5.32 Å². The van der Waals surface area contributed by atoms with Gasteiger partial charge in [0.2, 0.25) is 5.78 Å². The standard InChI is InChI=1S/C25H14ClF2NO2/c26-21-14-17(6-10-22(21)28)13-20-24(30)19-12-16(7-11-23(19)29-25(20)31)3-1-2-15-4-8-18(27)9-5-15/h4-14H,2H2,(H,29,31)/b20-13+. The van der Waals surface area contributed by atoms with E-state index in [2.05, 4.69) is 17.2 Å². The van der Waals surface area contributed by atoms with Crippen molar-refractivity contribution in [3.05, 3.63) is 105 Å². The maximum absolute atomic E-state index is 13.4. The third kappa shape index (κ3) is 4.55. The number of nitrogens with one attached hydrogen (secondary N) is 1. The van der Waals surface area contributed by atoms with Gasteiger partial charge >= 0.3 is 0 Å². The lowest BCUT2D eigenvalue weighted by molar-refractivity contribution is -0.112. The van der Waals surface area contributed by atoms with Crippen LogP contribution >= 0.6 is 11.6 Å². The summed E-state index contributed by atoms with van der Waals surface area (Å²) in [4.78, 5) is 25.3. The van der Waals surface area contributed by atoms with Gasteiger partial charge in [-0.3, -0.25) is 9.59 Å². The number of carbonyl (C=O) groups is 2. The maximum Gasteiger partial charge on any atom is 0.259 e. The van der Waals surface area contributed by atoms with E-state index in [1.165, 1.54) is 36.4 Å². The lowest BCUT2D eigenvalue weighted by atomic mass is 9.93. The normalized spacial score (nSPS) is 14.0. The summed E-state index contributed by atoms with van der Waals surface area (Å²) in [7, 11) is 0. The number of hydrogen-bond donors (Lipinski definition) is 1. The highest BCUT2D eigenvalue weighted by molar-refractivity contribution is 6.36. The van der Waals surface area contributed by atoms with E-state index in [0.717, 1.165) is 5.56 Å². The Hall–Kier alpha value is -3.75. The molecule has 0 fully saturated rings. The van der Waals surface area contributed by atoms with Crippen molar-refractivity contribution in [3.8, 4) is 11.8 Å². The zero-order valence-electron chi connectivity index (χ0n) is 16.0. The molecule has 1 heterocycles. The molecule has 3 aromatic carbocycles. The minimum absolute atomic E-state index is 0.0772. The molecule has 1 aliphatic heterocycles. The molecule has 0 saturated carbocycles. The highest BCUT2D eigenvalue weighted by atomic mass is 35.5. The lowest BCUT2D eigenvalue weighted by Crippen LogP contribution is -2.27. The van der Waals surface area contributed by atoms with E-state index >= 15 is 0 Å². The summed E-state index contributed by atoms with van der Waals surface area (Å²) in [6.45, 7) is 0. The van der Waals surface area contributed by atoms with Gasteiger partial charge in [0, 0.05) is 17.5 Å². The summed E-state index contributed by atoms with van der Waals surface area (Å²) >= 11 is 5.78. The van der Waals surface area contributed by atoms with E-state index in [4.69, 9.17) is 11.6 Å². The van der Waals surface area contributed by atoms with Crippen LogP contribution in [-0.2, 0) is 11.2 Å². The first kappa shape index (κ1) is 20.5. The molecule has 3 nitrogen and oxygen atoms in total. The van der Waals surface area contributed by atoms with Crippen LogP contribution in [0.4, 0.5) is 14.5 Å². The Morgan fingerprint density at radius 2 is 1.74 bits per heavy atom. The van der Waals surface area contributed by atoms with Gasteiger partial charge in [-0.25, -0.2) is 8.78 Å². The summed E-state index contributed by atoms with van der Waals surface area (Å²) in [5.74, 6) is 4.08. The zero-order chi connectivity index (χ0) is 22.0. The molecule has 1 N–H and O–H groups in total. The van der Waals surface area contributed by atoms with Gasteiger partial charge in [-0.05, 0) is 59.7 Å². The highest BCUT2D eigenvalue weighted by Crippen LogP contribution is 2.28. The number of halogens is 3. The number of amides is 1. The van der Waals surface area contributed by atoms with Gasteiger partial charge in [0.25, 0.3) is 5.91 Å². The quantitative estimate of drug-likeness (QED) is 0.333. The predicted molar refractivity (Wildman–Crippen MR) is 116 cm³/mol. The van der Waals surface area contributed by atoms with E-state index in [-0.39, 0.29) is 16.4 Å². The molecule has 0 saturated heterocycles. The van der Waals surface area contributed by atoms with Gasteiger partial charge in [-0.1, -0.05) is 41.6 Å². The Bertz CT molecular complexity index is 1300. The molecule has 0 spiro atoms. The van der Waals surface area contributed by atoms with E-state index in [9.17, 15) is 18.4 Å². The van der Waals surface area contributed by atoms with Crippen molar-refractivity contribution in [3.63, 3.8) is 0 Å². The molecule has 3 aromatic rings. The molecular formula is C25H14ClF2NO2. The van der Waals surface area contributed by atoms with Gasteiger partial charge in [-0.2, -0.15) is 0 Å². The van der Waals surface area contributed by atoms with Gasteiger partial charge < -0.3 is 5.32 Å². The fourth-order valence-corrected chi connectivity index (χ4v) is 3.30. The molecule has 0 radical (unpaired) electrons. The second kappa shape index (κ2) is 8.55. The zero-order valence-corrected chi connectivity index (χ0v) is 16.8. The van der Waals surface area contributed by atoms with E-state index in [1.807, 2.05) is 0 Å². The van der Waals surface area contributed by atoms with Crippen LogP contribution in [0.25, 0.3) is 6.08 Å². The first-order valence-corrected chi connectivity index (χ1v) is 9.69. The average Bonchev–Trinajstić information content (AvgIpc) is 2.75. The number of fused-ring (bicyclic) bond motifs is 1. The highest BCUT2D eigenvalue weighted by Gasteiger charge is 2.28. The van der Waals surface area contributed by atoms with Crippen molar-refractivity contribution in [2.45, 2.75) is 6.42 Å². The van der Waals surface area contributed by atoms with Crippen LogP contribution in [0, 0.1) is 23.5 Å². The van der Waals surface area contributed by atoms with E-state index < -0.39 is 17.5 Å². The number of hydrogen-bond acceptors (Lipinski definition) is 2. The third-order valence-corrected chi connectivity index (χ3v) is 4.98. The summed E-state index contributed by atoms with van der Waals surface area (Å²) in [5, 5.41) is 2.58. The van der Waals surface area contributed by atoms with Crippen molar-refractivity contribution in [1.82, 2.24) is 0 Å². The van der Waals surface area contributed by atoms with Crippen LogP contribution in [0.3, 0.4) is 0 Å². The van der Waals surface area contributed by atoms with Crippen LogP contribution in [-0.4, -0.2) is 11.7 Å². The van der Waals surface area contributed by atoms with Crippen LogP contribution in [0.1, 0.15) is 27.0 Å². The fraction of sp³-hybridized carbons (Fsp3) is 0.0400. The molecule has 0 aliphatic carbocycles.